The minimum absolute atomic E-state index is 0.0349. The molecule has 2 N–H and O–H groups in total. The van der Waals surface area contributed by atoms with Crippen molar-refractivity contribution in [2.75, 3.05) is 77.2 Å². The van der Waals surface area contributed by atoms with Gasteiger partial charge < -0.3 is 34.8 Å². The molecule has 0 atom stereocenters. The Morgan fingerprint density at radius 3 is 2.08 bits per heavy atom. The number of benzene rings is 3. The van der Waals surface area contributed by atoms with Crippen LogP contribution in [0.3, 0.4) is 0 Å². The Hall–Kier alpha value is -5.10. The summed E-state index contributed by atoms with van der Waals surface area (Å²) in [6, 6.07) is 24.6. The van der Waals surface area contributed by atoms with Crippen LogP contribution in [0.25, 0.3) is 11.1 Å². The van der Waals surface area contributed by atoms with Crippen LogP contribution in [0.2, 0.25) is 0 Å². The monoisotopic (exact) mass is 728 g/mol. The first kappa shape index (κ1) is 40.7. The molecule has 0 aromatic heterocycles. The summed E-state index contributed by atoms with van der Waals surface area (Å²) in [6.07, 6.45) is 1.04. The van der Waals surface area contributed by atoms with Crippen LogP contribution in [0.5, 0.6) is 0 Å². The summed E-state index contributed by atoms with van der Waals surface area (Å²) in [7, 11) is 5.24. The molecule has 4 amide bonds. The molecule has 0 spiro atoms. The van der Waals surface area contributed by atoms with Crippen molar-refractivity contribution in [3.8, 4) is 11.1 Å². The summed E-state index contributed by atoms with van der Waals surface area (Å²) in [5, 5.41) is 13.5. The standard InChI is InChI=1S/C41H56N6O6/c1-41(2,3)53-40(52)45(6)26-12-25-44(5)38(49)32-17-19-33(20-18-32)42-24-21-37(48)43(4)29-30-46-27-22-34(23-28-46)47(39(50)51)36-16-11-10-15-35(36)31-13-8-7-9-14-31/h7-11,13-20,34,42H,12,21-30H2,1-6H3,(H,50,51). The number of para-hydroxylation sites is 1. The van der Waals surface area contributed by atoms with Crippen molar-refractivity contribution < 1.29 is 29.0 Å². The van der Waals surface area contributed by atoms with Crippen LogP contribution in [-0.4, -0.2) is 127 Å². The number of likely N-dealkylation sites (tertiary alicyclic amines) is 1. The molecule has 1 aliphatic rings. The van der Waals surface area contributed by atoms with Gasteiger partial charge in [-0.2, -0.15) is 0 Å². The number of ether oxygens (including phenoxy) is 1. The maximum absolute atomic E-state index is 12.9. The van der Waals surface area contributed by atoms with Gasteiger partial charge in [-0.05, 0) is 75.9 Å². The Morgan fingerprint density at radius 2 is 1.43 bits per heavy atom. The summed E-state index contributed by atoms with van der Waals surface area (Å²) >= 11 is 0. The van der Waals surface area contributed by atoms with Gasteiger partial charge >= 0.3 is 12.2 Å². The van der Waals surface area contributed by atoms with E-state index in [0.717, 1.165) is 36.4 Å². The predicted octanol–water partition coefficient (Wildman–Crippen LogP) is 6.59. The molecule has 53 heavy (non-hydrogen) atoms. The number of piperidine rings is 1. The number of hydrogen-bond acceptors (Lipinski definition) is 7. The van der Waals surface area contributed by atoms with Gasteiger partial charge in [0.05, 0.1) is 5.69 Å². The fraction of sp³-hybridized carbons (Fsp3) is 0.463. The Kier molecular flexibility index (Phi) is 14.7. The normalized spacial score (nSPS) is 13.5. The Morgan fingerprint density at radius 1 is 0.811 bits per heavy atom. The van der Waals surface area contributed by atoms with Crippen molar-refractivity contribution in [2.45, 2.75) is 58.1 Å². The number of rotatable bonds is 15. The van der Waals surface area contributed by atoms with Crippen LogP contribution >= 0.6 is 0 Å². The van der Waals surface area contributed by atoms with Gasteiger partial charge in [0.15, 0.2) is 0 Å². The van der Waals surface area contributed by atoms with Crippen molar-refractivity contribution in [1.29, 1.82) is 0 Å². The van der Waals surface area contributed by atoms with E-state index in [-0.39, 0.29) is 23.9 Å². The quantitative estimate of drug-likeness (QED) is 0.180. The number of nitrogens with zero attached hydrogens (tertiary/aromatic N) is 5. The number of hydrogen-bond donors (Lipinski definition) is 2. The van der Waals surface area contributed by atoms with E-state index >= 15 is 0 Å². The van der Waals surface area contributed by atoms with Gasteiger partial charge in [-0.25, -0.2) is 9.59 Å². The van der Waals surface area contributed by atoms with Crippen LogP contribution in [-0.2, 0) is 9.53 Å². The maximum atomic E-state index is 12.9. The van der Waals surface area contributed by atoms with Crippen molar-refractivity contribution >= 4 is 35.4 Å². The first-order chi connectivity index (χ1) is 25.2. The molecule has 1 aliphatic heterocycles. The zero-order valence-corrected chi connectivity index (χ0v) is 32.1. The topological polar surface area (TPSA) is 126 Å². The molecule has 286 valence electrons. The van der Waals surface area contributed by atoms with E-state index in [1.165, 1.54) is 9.80 Å². The summed E-state index contributed by atoms with van der Waals surface area (Å²) < 4.78 is 5.37. The highest BCUT2D eigenvalue weighted by Crippen LogP contribution is 2.34. The smallest absolute Gasteiger partial charge is 0.412 e. The summed E-state index contributed by atoms with van der Waals surface area (Å²) in [4.78, 5) is 59.2. The van der Waals surface area contributed by atoms with Crippen LogP contribution < -0.4 is 10.2 Å². The molecule has 1 saturated heterocycles. The molecular weight excluding hydrogens is 672 g/mol. The van der Waals surface area contributed by atoms with E-state index in [1.807, 2.05) is 94.5 Å². The first-order valence-electron chi connectivity index (χ1n) is 18.4. The number of carbonyl (C=O) groups excluding carboxylic acids is 3. The number of carbonyl (C=O) groups is 4. The van der Waals surface area contributed by atoms with E-state index in [2.05, 4.69) is 10.2 Å². The number of nitrogens with one attached hydrogen (secondary N) is 1. The van der Waals surface area contributed by atoms with Gasteiger partial charge in [-0.15, -0.1) is 0 Å². The Bertz CT molecular complexity index is 1650. The second-order valence-electron chi connectivity index (χ2n) is 14.7. The third-order valence-corrected chi connectivity index (χ3v) is 9.39. The fourth-order valence-corrected chi connectivity index (χ4v) is 6.35. The molecular formula is C41H56N6O6. The second kappa shape index (κ2) is 19.1. The summed E-state index contributed by atoms with van der Waals surface area (Å²) in [5.74, 6) is -0.0715. The zero-order chi connectivity index (χ0) is 38.5. The van der Waals surface area contributed by atoms with E-state index < -0.39 is 11.7 Å². The molecule has 0 aliphatic carbocycles. The average molecular weight is 729 g/mol. The molecule has 0 bridgehead atoms. The first-order valence-corrected chi connectivity index (χ1v) is 18.4. The Labute approximate surface area is 314 Å². The molecule has 1 fully saturated rings. The number of likely N-dealkylation sites (N-methyl/N-ethyl adjacent to an activating group) is 1. The summed E-state index contributed by atoms with van der Waals surface area (Å²) in [6.45, 7) is 9.73. The highest BCUT2D eigenvalue weighted by atomic mass is 16.6. The minimum Gasteiger partial charge on any atom is -0.465 e. The van der Waals surface area contributed by atoms with Crippen LogP contribution in [0.1, 0.15) is 56.8 Å². The molecule has 0 saturated carbocycles. The van der Waals surface area contributed by atoms with Gasteiger partial charge in [0.25, 0.3) is 5.91 Å². The number of anilines is 2. The lowest BCUT2D eigenvalue weighted by Gasteiger charge is -2.38. The number of amides is 4. The second-order valence-corrected chi connectivity index (χ2v) is 14.7. The van der Waals surface area contributed by atoms with Gasteiger partial charge in [-0.1, -0.05) is 48.5 Å². The van der Waals surface area contributed by atoms with Crippen LogP contribution in [0, 0.1) is 0 Å². The molecule has 3 aromatic rings. The van der Waals surface area contributed by atoms with Gasteiger partial charge in [0, 0.05) is 96.2 Å². The van der Waals surface area contributed by atoms with E-state index in [0.29, 0.717) is 63.1 Å². The fourth-order valence-electron chi connectivity index (χ4n) is 6.35. The molecule has 12 nitrogen and oxygen atoms in total. The van der Waals surface area contributed by atoms with Gasteiger partial charge in [0.2, 0.25) is 5.91 Å². The third kappa shape index (κ3) is 12.2. The molecule has 12 heteroatoms. The van der Waals surface area contributed by atoms with Gasteiger partial charge in [-0.3, -0.25) is 14.5 Å². The lowest BCUT2D eigenvalue weighted by molar-refractivity contribution is -0.129. The van der Waals surface area contributed by atoms with Crippen LogP contribution in [0.4, 0.5) is 21.0 Å². The highest BCUT2D eigenvalue weighted by Gasteiger charge is 2.30. The largest absolute Gasteiger partial charge is 0.465 e. The van der Waals surface area contributed by atoms with Crippen molar-refractivity contribution in [3.05, 3.63) is 84.4 Å². The van der Waals surface area contributed by atoms with Crippen molar-refractivity contribution in [1.82, 2.24) is 19.6 Å². The van der Waals surface area contributed by atoms with E-state index in [1.54, 1.807) is 36.0 Å². The van der Waals surface area contributed by atoms with Gasteiger partial charge in [0.1, 0.15) is 5.60 Å². The molecule has 1 heterocycles. The lowest BCUT2D eigenvalue weighted by Crippen LogP contribution is -2.48. The highest BCUT2D eigenvalue weighted by molar-refractivity contribution is 5.94. The van der Waals surface area contributed by atoms with Crippen molar-refractivity contribution in [3.63, 3.8) is 0 Å². The third-order valence-electron chi connectivity index (χ3n) is 9.39. The zero-order valence-electron chi connectivity index (χ0n) is 32.1. The molecule has 4 rings (SSSR count). The molecule has 3 aromatic carbocycles. The minimum atomic E-state index is -0.948. The average Bonchev–Trinajstić information content (AvgIpc) is 3.14. The lowest BCUT2D eigenvalue weighted by atomic mass is 9.98. The molecule has 0 radical (unpaired) electrons. The van der Waals surface area contributed by atoms with E-state index in [4.69, 9.17) is 4.74 Å². The predicted molar refractivity (Wildman–Crippen MR) is 209 cm³/mol. The van der Waals surface area contributed by atoms with Crippen molar-refractivity contribution in [2.24, 2.45) is 0 Å². The molecule has 0 unspecified atom stereocenters. The SMILES string of the molecule is CN(CCN1CCC(N(C(=O)O)c2ccccc2-c2ccccc2)CC1)C(=O)CCNc1ccc(C(=O)N(C)CCCN(C)C(=O)OC(C)(C)C)cc1. The number of carboxylic acid groups (broad SMARTS) is 1. The Balaban J connectivity index is 1.15. The maximum Gasteiger partial charge on any atom is 0.412 e. The van der Waals surface area contributed by atoms with Crippen LogP contribution in [0.15, 0.2) is 78.9 Å². The van der Waals surface area contributed by atoms with E-state index in [9.17, 15) is 24.3 Å². The summed E-state index contributed by atoms with van der Waals surface area (Å²) in [5.41, 5.74) is 3.42.